The molecule has 1 aromatic rings. The third-order valence-corrected chi connectivity index (χ3v) is 3.30. The second-order valence-corrected chi connectivity index (χ2v) is 4.17. The molecule has 3 heteroatoms. The number of allylic oxidation sites excluding steroid dienone is 1. The van der Waals surface area contributed by atoms with Crippen LogP contribution < -0.4 is 4.74 Å². The predicted octanol–water partition coefficient (Wildman–Crippen LogP) is 3.03. The van der Waals surface area contributed by atoms with Gasteiger partial charge >= 0.3 is 0 Å². The van der Waals surface area contributed by atoms with Crippen molar-refractivity contribution in [3.8, 4) is 5.75 Å². The molecule has 0 spiro atoms. The van der Waals surface area contributed by atoms with E-state index < -0.39 is 5.60 Å². The Hall–Kier alpha value is -1.74. The van der Waals surface area contributed by atoms with Gasteiger partial charge in [-0.15, -0.1) is 0 Å². The van der Waals surface area contributed by atoms with E-state index in [-0.39, 0.29) is 0 Å². The molecular formula is C15H18O3. The van der Waals surface area contributed by atoms with Crippen LogP contribution in [0.1, 0.15) is 12.0 Å². The summed E-state index contributed by atoms with van der Waals surface area (Å²) in [7, 11) is 5.05. The molecule has 0 bridgehead atoms. The Morgan fingerprint density at radius 1 is 1.00 bits per heavy atom. The fraction of sp³-hybridized carbons (Fsp3) is 0.333. The summed E-state index contributed by atoms with van der Waals surface area (Å²) in [6.07, 6.45) is 6.77. The van der Waals surface area contributed by atoms with E-state index in [1.807, 2.05) is 42.5 Å². The van der Waals surface area contributed by atoms with Crippen molar-refractivity contribution in [3.63, 3.8) is 0 Å². The quantitative estimate of drug-likeness (QED) is 0.817. The van der Waals surface area contributed by atoms with Crippen LogP contribution in [0.3, 0.4) is 0 Å². The molecule has 96 valence electrons. The van der Waals surface area contributed by atoms with Gasteiger partial charge in [0.2, 0.25) is 0 Å². The monoisotopic (exact) mass is 246 g/mol. The first-order chi connectivity index (χ1) is 8.74. The molecule has 0 fully saturated rings. The zero-order valence-electron chi connectivity index (χ0n) is 11.0. The van der Waals surface area contributed by atoms with Gasteiger partial charge in [0.25, 0.3) is 0 Å². The van der Waals surface area contributed by atoms with E-state index in [1.165, 1.54) is 0 Å². The molecule has 0 saturated heterocycles. The first kappa shape index (κ1) is 12.7. The molecule has 0 aromatic heterocycles. The molecule has 0 amide bonds. The highest BCUT2D eigenvalue weighted by atomic mass is 16.5. The van der Waals surface area contributed by atoms with Crippen LogP contribution in [0.2, 0.25) is 0 Å². The van der Waals surface area contributed by atoms with E-state index >= 15 is 0 Å². The van der Waals surface area contributed by atoms with Gasteiger partial charge in [0.05, 0.1) is 14.2 Å². The molecule has 1 atom stereocenters. The van der Waals surface area contributed by atoms with Crippen molar-refractivity contribution in [2.45, 2.75) is 12.0 Å². The summed E-state index contributed by atoms with van der Waals surface area (Å²) in [4.78, 5) is 0. The fourth-order valence-corrected chi connectivity index (χ4v) is 2.11. The van der Waals surface area contributed by atoms with Crippen LogP contribution in [0.5, 0.6) is 5.75 Å². The van der Waals surface area contributed by atoms with Crippen LogP contribution in [0, 0.1) is 0 Å². The van der Waals surface area contributed by atoms with Gasteiger partial charge in [0.15, 0.2) is 0 Å². The van der Waals surface area contributed by atoms with Crippen LogP contribution >= 0.6 is 0 Å². The first-order valence-corrected chi connectivity index (χ1v) is 5.87. The van der Waals surface area contributed by atoms with Crippen molar-refractivity contribution < 1.29 is 14.2 Å². The Labute approximate surface area is 108 Å². The van der Waals surface area contributed by atoms with Crippen molar-refractivity contribution in [2.24, 2.45) is 0 Å². The maximum absolute atomic E-state index is 5.70. The maximum atomic E-state index is 5.70. The van der Waals surface area contributed by atoms with Gasteiger partial charge in [-0.2, -0.15) is 0 Å². The highest BCUT2D eigenvalue weighted by Gasteiger charge is 2.30. The smallest absolute Gasteiger partial charge is 0.118 e. The molecule has 0 aliphatic heterocycles. The molecule has 2 rings (SSSR count). The number of hydrogen-bond acceptors (Lipinski definition) is 3. The van der Waals surface area contributed by atoms with E-state index in [0.717, 1.165) is 23.5 Å². The molecule has 0 saturated carbocycles. The van der Waals surface area contributed by atoms with E-state index in [2.05, 4.69) is 0 Å². The molecule has 18 heavy (non-hydrogen) atoms. The molecule has 0 heterocycles. The predicted molar refractivity (Wildman–Crippen MR) is 70.5 cm³/mol. The lowest BCUT2D eigenvalue weighted by Crippen LogP contribution is -2.27. The standard InChI is InChI=1S/C15H18O3/c1-16-13-6-4-12(5-7-13)15(18-3)10-8-14(17-2)9-11-15/h4-10H,11H2,1-3H3/t15-/m1/s1. The van der Waals surface area contributed by atoms with Crippen molar-refractivity contribution in [3.05, 3.63) is 53.8 Å². The van der Waals surface area contributed by atoms with Crippen molar-refractivity contribution in [2.75, 3.05) is 21.3 Å². The van der Waals surface area contributed by atoms with Crippen molar-refractivity contribution in [1.29, 1.82) is 0 Å². The highest BCUT2D eigenvalue weighted by Crippen LogP contribution is 2.35. The Bertz CT molecular complexity index is 459. The lowest BCUT2D eigenvalue weighted by molar-refractivity contribution is 0.0288. The fourth-order valence-electron chi connectivity index (χ4n) is 2.11. The molecule has 1 aromatic carbocycles. The summed E-state index contributed by atoms with van der Waals surface area (Å²) in [5, 5.41) is 0. The topological polar surface area (TPSA) is 27.7 Å². The molecule has 3 nitrogen and oxygen atoms in total. The molecule has 1 aliphatic rings. The number of ether oxygens (including phenoxy) is 3. The number of benzene rings is 1. The minimum atomic E-state index is -0.408. The molecular weight excluding hydrogens is 228 g/mol. The SMILES string of the molecule is COC1=CC[C@@](OC)(c2ccc(OC)cc2)C=C1. The summed E-state index contributed by atoms with van der Waals surface area (Å²) in [5.74, 6) is 1.72. The second kappa shape index (κ2) is 5.27. The summed E-state index contributed by atoms with van der Waals surface area (Å²) in [6.45, 7) is 0. The first-order valence-electron chi connectivity index (χ1n) is 5.87. The average Bonchev–Trinajstić information content (AvgIpc) is 2.47. The van der Waals surface area contributed by atoms with E-state index in [9.17, 15) is 0 Å². The third kappa shape index (κ3) is 2.27. The number of hydrogen-bond donors (Lipinski definition) is 0. The van der Waals surface area contributed by atoms with Gasteiger partial charge in [0, 0.05) is 13.5 Å². The van der Waals surface area contributed by atoms with E-state index in [1.54, 1.807) is 21.3 Å². The van der Waals surface area contributed by atoms with Gasteiger partial charge in [0.1, 0.15) is 17.1 Å². The highest BCUT2D eigenvalue weighted by molar-refractivity contribution is 5.37. The van der Waals surface area contributed by atoms with Gasteiger partial charge in [-0.25, -0.2) is 0 Å². The van der Waals surface area contributed by atoms with Crippen LogP contribution in [-0.4, -0.2) is 21.3 Å². The molecule has 0 unspecified atom stereocenters. The largest absolute Gasteiger partial charge is 0.497 e. The lowest BCUT2D eigenvalue weighted by Gasteiger charge is -2.31. The zero-order valence-corrected chi connectivity index (χ0v) is 11.0. The molecule has 0 radical (unpaired) electrons. The molecule has 1 aliphatic carbocycles. The average molecular weight is 246 g/mol. The van der Waals surface area contributed by atoms with Crippen LogP contribution in [0.15, 0.2) is 48.3 Å². The minimum absolute atomic E-state index is 0.408. The molecule has 0 N–H and O–H groups in total. The van der Waals surface area contributed by atoms with Gasteiger partial charge in [-0.1, -0.05) is 12.1 Å². The maximum Gasteiger partial charge on any atom is 0.118 e. The summed E-state index contributed by atoms with van der Waals surface area (Å²) in [5.41, 5.74) is 0.697. The number of rotatable bonds is 4. The van der Waals surface area contributed by atoms with Crippen LogP contribution in [0.25, 0.3) is 0 Å². The Balaban J connectivity index is 2.28. The normalized spacial score (nSPS) is 22.5. The third-order valence-electron chi connectivity index (χ3n) is 3.30. The van der Waals surface area contributed by atoms with E-state index in [4.69, 9.17) is 14.2 Å². The van der Waals surface area contributed by atoms with Gasteiger partial charge in [-0.3, -0.25) is 0 Å². The Morgan fingerprint density at radius 2 is 1.72 bits per heavy atom. The van der Waals surface area contributed by atoms with Gasteiger partial charge < -0.3 is 14.2 Å². The van der Waals surface area contributed by atoms with Gasteiger partial charge in [-0.05, 0) is 35.9 Å². The lowest BCUT2D eigenvalue weighted by atomic mass is 9.87. The second-order valence-electron chi connectivity index (χ2n) is 4.17. The van der Waals surface area contributed by atoms with Crippen LogP contribution in [0.4, 0.5) is 0 Å². The van der Waals surface area contributed by atoms with Crippen molar-refractivity contribution in [1.82, 2.24) is 0 Å². The number of methoxy groups -OCH3 is 3. The summed E-state index contributed by atoms with van der Waals surface area (Å²) in [6, 6.07) is 7.94. The summed E-state index contributed by atoms with van der Waals surface area (Å²) >= 11 is 0. The zero-order chi connectivity index (χ0) is 13.0. The van der Waals surface area contributed by atoms with Crippen molar-refractivity contribution >= 4 is 0 Å². The minimum Gasteiger partial charge on any atom is -0.497 e. The van der Waals surface area contributed by atoms with E-state index in [0.29, 0.717) is 0 Å². The Kier molecular flexibility index (Phi) is 3.72. The summed E-state index contributed by atoms with van der Waals surface area (Å²) < 4.78 is 16.1. The van der Waals surface area contributed by atoms with Crippen LogP contribution in [-0.2, 0) is 15.1 Å². The Morgan fingerprint density at radius 3 is 2.17 bits per heavy atom.